The summed E-state index contributed by atoms with van der Waals surface area (Å²) < 4.78 is 0. The second-order valence-corrected chi connectivity index (χ2v) is 5.12. The highest BCUT2D eigenvalue weighted by Gasteiger charge is 2.18. The molecule has 0 bridgehead atoms. The topological polar surface area (TPSA) is 45.2 Å². The summed E-state index contributed by atoms with van der Waals surface area (Å²) in [5.41, 5.74) is 1.20. The van der Waals surface area contributed by atoms with Crippen LogP contribution in [0.5, 0.6) is 0 Å². The molecule has 0 spiro atoms. The maximum absolute atomic E-state index is 12.1. The second-order valence-electron chi connectivity index (χ2n) is 4.66. The molecule has 0 aliphatic rings. The third-order valence-electron chi connectivity index (χ3n) is 2.93. The van der Waals surface area contributed by atoms with Crippen molar-refractivity contribution < 1.29 is 4.79 Å². The molecule has 1 heterocycles. The number of halogens is 1. The highest BCUT2D eigenvalue weighted by molar-refractivity contribution is 6.35. The first kappa shape index (κ1) is 17.1. The summed E-state index contributed by atoms with van der Waals surface area (Å²) in [7, 11) is 3.87. The molecule has 21 heavy (non-hydrogen) atoms. The smallest absolute Gasteiger partial charge is 0.252 e. The summed E-state index contributed by atoms with van der Waals surface area (Å²) in [6, 6.07) is 5.68. The number of carbonyl (C=O) groups excluding carboxylic acids is 1. The van der Waals surface area contributed by atoms with E-state index in [2.05, 4.69) is 23.5 Å². The van der Waals surface area contributed by atoms with Gasteiger partial charge in [-0.3, -0.25) is 14.7 Å². The number of hydrogen-bond donors (Lipinski definition) is 1. The molecule has 1 aromatic rings. The van der Waals surface area contributed by atoms with Crippen molar-refractivity contribution in [3.63, 3.8) is 0 Å². The third-order valence-corrected chi connectivity index (χ3v) is 3.13. The molecule has 0 fully saturated rings. The van der Waals surface area contributed by atoms with Gasteiger partial charge in [0.25, 0.3) is 5.91 Å². The van der Waals surface area contributed by atoms with Crippen LogP contribution in [0, 0.1) is 0 Å². The van der Waals surface area contributed by atoms with Crippen LogP contribution in [0.3, 0.4) is 0 Å². The lowest BCUT2D eigenvalue weighted by molar-refractivity contribution is -0.117. The molecule has 0 aliphatic carbocycles. The summed E-state index contributed by atoms with van der Waals surface area (Å²) in [5.74, 6) is -0.280. The van der Waals surface area contributed by atoms with E-state index in [0.717, 1.165) is 5.69 Å². The molecule has 0 radical (unpaired) electrons. The largest absolute Gasteiger partial charge is 0.350 e. The maximum atomic E-state index is 12.1. The number of carbonyl (C=O) groups is 1. The van der Waals surface area contributed by atoms with Crippen LogP contribution >= 0.6 is 11.6 Å². The number of pyridine rings is 1. The number of nitrogens with one attached hydrogen (secondary N) is 1. The number of aromatic nitrogens is 1. The van der Waals surface area contributed by atoms with Crippen molar-refractivity contribution in [2.24, 2.45) is 0 Å². The molecule has 1 aromatic heterocycles. The van der Waals surface area contributed by atoms with Crippen molar-refractivity contribution in [2.75, 3.05) is 20.6 Å². The normalized spacial score (nSPS) is 12.9. The zero-order chi connectivity index (χ0) is 15.8. The summed E-state index contributed by atoms with van der Waals surface area (Å²) >= 11 is 5.82. The fraction of sp³-hybridized carbons (Fsp3) is 0.250. The highest BCUT2D eigenvalue weighted by atomic mass is 35.5. The molecule has 0 saturated carbocycles. The summed E-state index contributed by atoms with van der Waals surface area (Å²) in [6.07, 6.45) is 4.78. The van der Waals surface area contributed by atoms with E-state index < -0.39 is 0 Å². The van der Waals surface area contributed by atoms with E-state index in [0.29, 0.717) is 12.1 Å². The predicted molar refractivity (Wildman–Crippen MR) is 86.9 cm³/mol. The standard InChI is InChI=1S/C16H20ClN3O/c1-5-8-13(12(2)17)16(21)19-11-15(20(3)4)14-9-6-7-10-18-14/h5-10,15H,1-2,11H2,3-4H3,(H,19,21)/b13-8+. The molecule has 5 heteroatoms. The Morgan fingerprint density at radius 2 is 2.24 bits per heavy atom. The zero-order valence-electron chi connectivity index (χ0n) is 12.3. The van der Waals surface area contributed by atoms with Crippen LogP contribution in [0.15, 0.2) is 60.3 Å². The van der Waals surface area contributed by atoms with E-state index in [4.69, 9.17) is 11.6 Å². The van der Waals surface area contributed by atoms with E-state index in [1.807, 2.05) is 37.2 Å². The summed E-state index contributed by atoms with van der Waals surface area (Å²) in [6.45, 7) is 7.56. The van der Waals surface area contributed by atoms with Gasteiger partial charge in [-0.1, -0.05) is 36.9 Å². The maximum Gasteiger partial charge on any atom is 0.252 e. The molecule has 1 amide bonds. The van der Waals surface area contributed by atoms with Crippen molar-refractivity contribution in [2.45, 2.75) is 6.04 Å². The fourth-order valence-electron chi connectivity index (χ4n) is 1.82. The van der Waals surface area contributed by atoms with Gasteiger partial charge in [-0.15, -0.1) is 0 Å². The Kier molecular flexibility index (Phi) is 6.85. The van der Waals surface area contributed by atoms with Gasteiger partial charge in [0.15, 0.2) is 0 Å². The second kappa shape index (κ2) is 8.39. The molecule has 1 N–H and O–H groups in total. The van der Waals surface area contributed by atoms with Crippen molar-refractivity contribution in [3.8, 4) is 0 Å². The van der Waals surface area contributed by atoms with Crippen LogP contribution in [0.1, 0.15) is 11.7 Å². The molecular formula is C16H20ClN3O. The van der Waals surface area contributed by atoms with Crippen LogP contribution in [0.2, 0.25) is 0 Å². The number of amides is 1. The third kappa shape index (κ3) is 5.17. The molecule has 1 rings (SSSR count). The van der Waals surface area contributed by atoms with Gasteiger partial charge in [-0.2, -0.15) is 0 Å². The Morgan fingerprint density at radius 1 is 1.52 bits per heavy atom. The Hall–Kier alpha value is -1.91. The summed E-state index contributed by atoms with van der Waals surface area (Å²) in [5, 5.41) is 3.03. The minimum atomic E-state index is -0.280. The van der Waals surface area contributed by atoms with Crippen molar-refractivity contribution in [3.05, 3.63) is 66.0 Å². The SMILES string of the molecule is C=C/C=C(\C(=C)Cl)C(=O)NCC(c1ccccn1)N(C)C. The van der Waals surface area contributed by atoms with Crippen LogP contribution < -0.4 is 5.32 Å². The van der Waals surface area contributed by atoms with Crippen LogP contribution in [0.4, 0.5) is 0 Å². The molecule has 1 atom stereocenters. The van der Waals surface area contributed by atoms with Gasteiger partial charge in [-0.05, 0) is 32.3 Å². The van der Waals surface area contributed by atoms with E-state index in [1.165, 1.54) is 12.2 Å². The first-order chi connectivity index (χ1) is 9.97. The number of rotatable bonds is 7. The quantitative estimate of drug-likeness (QED) is 0.622. The monoisotopic (exact) mass is 305 g/mol. The average Bonchev–Trinajstić information content (AvgIpc) is 2.45. The Labute approximate surface area is 130 Å². The lowest BCUT2D eigenvalue weighted by Gasteiger charge is -2.24. The van der Waals surface area contributed by atoms with Crippen molar-refractivity contribution >= 4 is 17.5 Å². The molecule has 1 unspecified atom stereocenters. The molecular weight excluding hydrogens is 286 g/mol. The fourth-order valence-corrected chi connectivity index (χ4v) is 1.97. The van der Waals surface area contributed by atoms with E-state index >= 15 is 0 Å². The Morgan fingerprint density at radius 3 is 2.71 bits per heavy atom. The lowest BCUT2D eigenvalue weighted by atomic mass is 10.1. The van der Waals surface area contributed by atoms with E-state index in [1.54, 1.807) is 6.20 Å². The van der Waals surface area contributed by atoms with Crippen molar-refractivity contribution in [1.82, 2.24) is 15.2 Å². The van der Waals surface area contributed by atoms with Crippen LogP contribution in [0.25, 0.3) is 0 Å². The number of nitrogens with zero attached hydrogens (tertiary/aromatic N) is 2. The van der Waals surface area contributed by atoms with Gasteiger partial charge < -0.3 is 5.32 Å². The molecule has 0 aliphatic heterocycles. The molecule has 0 saturated heterocycles. The summed E-state index contributed by atoms with van der Waals surface area (Å²) in [4.78, 5) is 18.4. The number of allylic oxidation sites excluding steroid dienone is 2. The Bertz CT molecular complexity index is 538. The number of hydrogen-bond acceptors (Lipinski definition) is 3. The average molecular weight is 306 g/mol. The van der Waals surface area contributed by atoms with Crippen LogP contribution in [-0.2, 0) is 4.79 Å². The molecule has 4 nitrogen and oxygen atoms in total. The lowest BCUT2D eigenvalue weighted by Crippen LogP contribution is -2.35. The minimum absolute atomic E-state index is 0.0243. The zero-order valence-corrected chi connectivity index (χ0v) is 13.1. The number of likely N-dealkylation sites (N-methyl/N-ethyl adjacent to an activating group) is 1. The predicted octanol–water partition coefficient (Wildman–Crippen LogP) is 2.67. The van der Waals surface area contributed by atoms with Gasteiger partial charge in [0, 0.05) is 17.8 Å². The highest BCUT2D eigenvalue weighted by Crippen LogP contribution is 2.16. The minimum Gasteiger partial charge on any atom is -0.350 e. The van der Waals surface area contributed by atoms with Crippen LogP contribution in [-0.4, -0.2) is 36.4 Å². The first-order valence-electron chi connectivity index (χ1n) is 6.50. The van der Waals surface area contributed by atoms with Crippen molar-refractivity contribution in [1.29, 1.82) is 0 Å². The van der Waals surface area contributed by atoms with E-state index in [9.17, 15) is 4.79 Å². The van der Waals surface area contributed by atoms with Gasteiger partial charge in [-0.25, -0.2) is 0 Å². The Balaban J connectivity index is 2.79. The molecule has 0 aromatic carbocycles. The van der Waals surface area contributed by atoms with Gasteiger partial charge in [0.05, 0.1) is 17.3 Å². The molecule has 112 valence electrons. The van der Waals surface area contributed by atoms with E-state index in [-0.39, 0.29) is 17.0 Å². The van der Waals surface area contributed by atoms with Gasteiger partial charge in [0.1, 0.15) is 0 Å². The van der Waals surface area contributed by atoms with Gasteiger partial charge >= 0.3 is 0 Å². The van der Waals surface area contributed by atoms with Gasteiger partial charge in [0.2, 0.25) is 0 Å². The first-order valence-corrected chi connectivity index (χ1v) is 6.88.